The summed E-state index contributed by atoms with van der Waals surface area (Å²) < 4.78 is 10.7. The summed E-state index contributed by atoms with van der Waals surface area (Å²) >= 11 is 0.979. The smallest absolute Gasteiger partial charge is 0.294 e. The van der Waals surface area contributed by atoms with E-state index in [0.29, 0.717) is 31.4 Å². The number of ether oxygens (including phenoxy) is 2. The first kappa shape index (κ1) is 17.7. The van der Waals surface area contributed by atoms with Crippen molar-refractivity contribution >= 4 is 29.0 Å². The molecule has 132 valence electrons. The summed E-state index contributed by atoms with van der Waals surface area (Å²) in [6.45, 7) is 7.09. The van der Waals surface area contributed by atoms with Crippen LogP contribution in [-0.4, -0.2) is 60.5 Å². The molecule has 2 aliphatic rings. The Kier molecular flexibility index (Phi) is 5.91. The fraction of sp³-hybridized carbons (Fsp3) is 0.333. The number of hydrogen-bond donors (Lipinski definition) is 0. The van der Waals surface area contributed by atoms with Crippen LogP contribution in [0.5, 0.6) is 5.75 Å². The molecule has 6 nitrogen and oxygen atoms in total. The Morgan fingerprint density at radius 1 is 1.20 bits per heavy atom. The zero-order chi connectivity index (χ0) is 17.6. The highest BCUT2D eigenvalue weighted by Gasteiger charge is 2.36. The Labute approximate surface area is 151 Å². The van der Waals surface area contributed by atoms with Crippen molar-refractivity contribution in [3.8, 4) is 5.75 Å². The van der Waals surface area contributed by atoms with Gasteiger partial charge in [-0.3, -0.25) is 19.4 Å². The van der Waals surface area contributed by atoms with Gasteiger partial charge in [-0.2, -0.15) is 0 Å². The van der Waals surface area contributed by atoms with Gasteiger partial charge in [0.15, 0.2) is 0 Å². The van der Waals surface area contributed by atoms with Crippen LogP contribution in [0.25, 0.3) is 6.08 Å². The molecule has 0 bridgehead atoms. The largest absolute Gasteiger partial charge is 0.490 e. The number of carbonyl (C=O) groups excluding carboxylic acids is 2. The molecule has 0 atom stereocenters. The lowest BCUT2D eigenvalue weighted by molar-refractivity contribution is -0.125. The van der Waals surface area contributed by atoms with Crippen molar-refractivity contribution in [1.82, 2.24) is 9.80 Å². The van der Waals surface area contributed by atoms with E-state index < -0.39 is 0 Å². The molecule has 0 unspecified atom stereocenters. The molecule has 0 aromatic heterocycles. The Morgan fingerprint density at radius 2 is 1.92 bits per heavy atom. The van der Waals surface area contributed by atoms with Gasteiger partial charge in [0.05, 0.1) is 24.8 Å². The lowest BCUT2D eigenvalue weighted by Crippen LogP contribution is -2.45. The number of thioether (sulfide) groups is 1. The van der Waals surface area contributed by atoms with E-state index in [0.717, 1.165) is 36.2 Å². The first-order chi connectivity index (χ1) is 12.2. The average molecular weight is 360 g/mol. The molecule has 3 rings (SSSR count). The van der Waals surface area contributed by atoms with Crippen LogP contribution in [-0.2, 0) is 9.53 Å². The molecule has 2 aliphatic heterocycles. The van der Waals surface area contributed by atoms with Crippen LogP contribution in [0.1, 0.15) is 5.56 Å². The van der Waals surface area contributed by atoms with Crippen molar-refractivity contribution in [2.24, 2.45) is 0 Å². The minimum absolute atomic E-state index is 0.228. The fourth-order valence-corrected chi connectivity index (χ4v) is 3.36. The van der Waals surface area contributed by atoms with Gasteiger partial charge in [0.25, 0.3) is 11.1 Å². The zero-order valence-electron chi connectivity index (χ0n) is 13.8. The molecular formula is C18H20N2O4S. The molecule has 0 radical (unpaired) electrons. The summed E-state index contributed by atoms with van der Waals surface area (Å²) in [5.41, 5.74) is 0.850. The molecule has 1 aromatic carbocycles. The van der Waals surface area contributed by atoms with E-state index in [2.05, 4.69) is 11.5 Å². The van der Waals surface area contributed by atoms with E-state index in [1.54, 1.807) is 12.2 Å². The lowest BCUT2D eigenvalue weighted by Gasteiger charge is -2.29. The number of morpholine rings is 1. The summed E-state index contributed by atoms with van der Waals surface area (Å²) in [4.78, 5) is 28.5. The van der Waals surface area contributed by atoms with Gasteiger partial charge in [0, 0.05) is 13.1 Å². The molecule has 2 saturated heterocycles. The highest BCUT2D eigenvalue weighted by molar-refractivity contribution is 8.18. The maximum atomic E-state index is 12.5. The van der Waals surface area contributed by atoms with Gasteiger partial charge in [-0.15, -0.1) is 0 Å². The zero-order valence-corrected chi connectivity index (χ0v) is 14.7. The van der Waals surface area contributed by atoms with E-state index in [1.165, 1.54) is 4.90 Å². The number of amides is 2. The summed E-state index contributed by atoms with van der Waals surface area (Å²) in [5.74, 6) is 0.492. The molecule has 2 heterocycles. The van der Waals surface area contributed by atoms with Crippen LogP contribution in [0, 0.1) is 0 Å². The first-order valence-corrected chi connectivity index (χ1v) is 8.88. The van der Waals surface area contributed by atoms with Gasteiger partial charge in [-0.05, 0) is 35.5 Å². The molecule has 7 heteroatoms. The number of hydrogen-bond acceptors (Lipinski definition) is 6. The second-order valence-electron chi connectivity index (χ2n) is 5.65. The van der Waals surface area contributed by atoms with Gasteiger partial charge in [0.1, 0.15) is 12.4 Å². The standard InChI is InChI=1S/C18H20N2O4S/c1-2-9-24-15-5-3-14(4-6-15)12-16-17(21)20(18(22)25-16)13-19-7-10-23-11-8-19/h2-6,12H,1,7-11,13H2. The average Bonchev–Trinajstić information content (AvgIpc) is 2.89. The van der Waals surface area contributed by atoms with E-state index in [9.17, 15) is 9.59 Å². The van der Waals surface area contributed by atoms with E-state index in [1.807, 2.05) is 24.3 Å². The SMILES string of the molecule is C=CCOc1ccc(C=C2SC(=O)N(CN3CCOCC3)C2=O)cc1. The van der Waals surface area contributed by atoms with Crippen molar-refractivity contribution in [2.75, 3.05) is 39.6 Å². The van der Waals surface area contributed by atoms with Crippen LogP contribution in [0.3, 0.4) is 0 Å². The molecule has 0 saturated carbocycles. The van der Waals surface area contributed by atoms with Crippen LogP contribution >= 0.6 is 11.8 Å². The van der Waals surface area contributed by atoms with Crippen molar-refractivity contribution < 1.29 is 19.1 Å². The minimum Gasteiger partial charge on any atom is -0.490 e. The number of nitrogens with zero attached hydrogens (tertiary/aromatic N) is 2. The van der Waals surface area contributed by atoms with Gasteiger partial charge >= 0.3 is 0 Å². The van der Waals surface area contributed by atoms with Gasteiger partial charge < -0.3 is 9.47 Å². The third-order valence-corrected chi connectivity index (χ3v) is 4.77. The number of imide groups is 1. The van der Waals surface area contributed by atoms with Gasteiger partial charge in [-0.1, -0.05) is 24.8 Å². The fourth-order valence-electron chi connectivity index (χ4n) is 2.53. The summed E-state index contributed by atoms with van der Waals surface area (Å²) in [5, 5.41) is -0.228. The number of rotatable bonds is 6. The summed E-state index contributed by atoms with van der Waals surface area (Å²) in [7, 11) is 0. The maximum absolute atomic E-state index is 12.5. The van der Waals surface area contributed by atoms with E-state index in [4.69, 9.17) is 9.47 Å². The predicted octanol–water partition coefficient (Wildman–Crippen LogP) is 2.58. The Hall–Kier alpha value is -2.09. The first-order valence-electron chi connectivity index (χ1n) is 8.06. The Balaban J connectivity index is 1.66. The van der Waals surface area contributed by atoms with Crippen molar-refractivity contribution in [2.45, 2.75) is 0 Å². The third kappa shape index (κ3) is 4.50. The molecule has 25 heavy (non-hydrogen) atoms. The molecule has 0 aliphatic carbocycles. The second-order valence-corrected chi connectivity index (χ2v) is 6.64. The van der Waals surface area contributed by atoms with Crippen LogP contribution in [0.2, 0.25) is 0 Å². The Bertz CT molecular complexity index is 681. The van der Waals surface area contributed by atoms with E-state index in [-0.39, 0.29) is 11.1 Å². The lowest BCUT2D eigenvalue weighted by atomic mass is 10.2. The molecular weight excluding hydrogens is 340 g/mol. The van der Waals surface area contributed by atoms with E-state index >= 15 is 0 Å². The summed E-state index contributed by atoms with van der Waals surface area (Å²) in [6, 6.07) is 7.36. The highest BCUT2D eigenvalue weighted by Crippen LogP contribution is 2.32. The molecule has 2 amide bonds. The predicted molar refractivity (Wildman–Crippen MR) is 97.2 cm³/mol. The normalized spacial score (nSPS) is 20.3. The Morgan fingerprint density at radius 3 is 2.60 bits per heavy atom. The molecule has 0 spiro atoms. The quantitative estimate of drug-likeness (QED) is 0.574. The number of carbonyl (C=O) groups is 2. The topological polar surface area (TPSA) is 59.1 Å². The van der Waals surface area contributed by atoms with Crippen LogP contribution < -0.4 is 4.74 Å². The monoisotopic (exact) mass is 360 g/mol. The van der Waals surface area contributed by atoms with Crippen molar-refractivity contribution in [3.63, 3.8) is 0 Å². The maximum Gasteiger partial charge on any atom is 0.294 e. The van der Waals surface area contributed by atoms with Crippen molar-refractivity contribution in [3.05, 3.63) is 47.4 Å². The van der Waals surface area contributed by atoms with Gasteiger partial charge in [0.2, 0.25) is 0 Å². The molecule has 2 fully saturated rings. The molecule has 1 aromatic rings. The van der Waals surface area contributed by atoms with Crippen LogP contribution in [0.4, 0.5) is 4.79 Å². The highest BCUT2D eigenvalue weighted by atomic mass is 32.2. The summed E-state index contributed by atoms with van der Waals surface area (Å²) in [6.07, 6.45) is 3.42. The minimum atomic E-state index is -0.242. The molecule has 0 N–H and O–H groups in total. The number of benzene rings is 1. The van der Waals surface area contributed by atoms with Crippen molar-refractivity contribution in [1.29, 1.82) is 0 Å². The third-order valence-electron chi connectivity index (χ3n) is 3.86. The van der Waals surface area contributed by atoms with Crippen LogP contribution in [0.15, 0.2) is 41.8 Å². The second kappa shape index (κ2) is 8.33. The van der Waals surface area contributed by atoms with Gasteiger partial charge in [-0.25, -0.2) is 0 Å².